The van der Waals surface area contributed by atoms with E-state index in [0.29, 0.717) is 5.75 Å². The summed E-state index contributed by atoms with van der Waals surface area (Å²) in [5.74, 6) is -0.598. The highest BCUT2D eigenvalue weighted by molar-refractivity contribution is 6.25. The number of aryl methyl sites for hydroxylation is 1. The molecule has 1 N–H and O–H groups in total. The highest BCUT2D eigenvalue weighted by Gasteiger charge is 2.13. The molecule has 1 aromatic carbocycles. The summed E-state index contributed by atoms with van der Waals surface area (Å²) in [6, 6.07) is 5.02. The first kappa shape index (κ1) is 12.6. The molecule has 0 spiro atoms. The molecule has 0 bridgehead atoms. The zero-order chi connectivity index (χ0) is 12.1. The first-order chi connectivity index (χ1) is 7.56. The number of benzene rings is 1. The second kappa shape index (κ2) is 5.56. The molecule has 0 saturated carbocycles. The van der Waals surface area contributed by atoms with Crippen LogP contribution in [0.15, 0.2) is 29.3 Å². The van der Waals surface area contributed by atoms with Crippen LogP contribution in [0.2, 0.25) is 0 Å². The lowest BCUT2D eigenvalue weighted by Gasteiger charge is -2.11. The zero-order valence-electron chi connectivity index (χ0n) is 9.16. The van der Waals surface area contributed by atoms with Crippen LogP contribution in [0.5, 0.6) is 5.75 Å². The van der Waals surface area contributed by atoms with Crippen LogP contribution < -0.4 is 4.74 Å². The van der Waals surface area contributed by atoms with Gasteiger partial charge in [0.25, 0.3) is 0 Å². The SMILES string of the molecule is C/C(=C/Cl)COc1c(C)cccc1C(=O)O. The largest absolute Gasteiger partial charge is 0.488 e. The summed E-state index contributed by atoms with van der Waals surface area (Å²) in [5, 5.41) is 8.99. The van der Waals surface area contributed by atoms with Crippen molar-refractivity contribution in [1.29, 1.82) is 0 Å². The molecule has 1 aromatic rings. The maximum absolute atomic E-state index is 11.0. The molecule has 0 aliphatic heterocycles. The fraction of sp³-hybridized carbons (Fsp3) is 0.250. The van der Waals surface area contributed by atoms with Crippen molar-refractivity contribution in [3.05, 3.63) is 40.4 Å². The topological polar surface area (TPSA) is 46.5 Å². The Morgan fingerprint density at radius 1 is 1.56 bits per heavy atom. The van der Waals surface area contributed by atoms with Gasteiger partial charge in [0.15, 0.2) is 0 Å². The van der Waals surface area contributed by atoms with Crippen molar-refractivity contribution >= 4 is 17.6 Å². The molecular formula is C12H13ClO3. The monoisotopic (exact) mass is 240 g/mol. The van der Waals surface area contributed by atoms with Gasteiger partial charge >= 0.3 is 5.97 Å². The minimum Gasteiger partial charge on any atom is -0.488 e. The van der Waals surface area contributed by atoms with Gasteiger partial charge in [0.05, 0.1) is 0 Å². The Morgan fingerprint density at radius 3 is 2.81 bits per heavy atom. The zero-order valence-corrected chi connectivity index (χ0v) is 9.91. The molecule has 1 rings (SSSR count). The molecule has 0 radical (unpaired) electrons. The lowest BCUT2D eigenvalue weighted by atomic mass is 10.1. The average molecular weight is 241 g/mol. The van der Waals surface area contributed by atoms with E-state index in [4.69, 9.17) is 21.4 Å². The Balaban J connectivity index is 2.97. The number of carboxylic acid groups (broad SMARTS) is 1. The van der Waals surface area contributed by atoms with Crippen molar-refractivity contribution < 1.29 is 14.6 Å². The summed E-state index contributed by atoms with van der Waals surface area (Å²) >= 11 is 5.50. The Bertz CT molecular complexity index is 424. The standard InChI is InChI=1S/C12H13ClO3/c1-8(6-13)7-16-11-9(2)4-3-5-10(11)12(14)15/h3-6H,7H2,1-2H3,(H,14,15)/b8-6-. The Hall–Kier alpha value is -1.48. The molecule has 0 aliphatic carbocycles. The second-order valence-electron chi connectivity index (χ2n) is 3.50. The molecule has 86 valence electrons. The van der Waals surface area contributed by atoms with Gasteiger partial charge in [0, 0.05) is 5.54 Å². The van der Waals surface area contributed by atoms with E-state index in [1.54, 1.807) is 6.07 Å². The fourth-order valence-corrected chi connectivity index (χ4v) is 1.29. The van der Waals surface area contributed by atoms with Crippen molar-refractivity contribution in [2.24, 2.45) is 0 Å². The number of para-hydroxylation sites is 1. The number of carboxylic acids is 1. The van der Waals surface area contributed by atoms with Gasteiger partial charge in [-0.05, 0) is 31.1 Å². The van der Waals surface area contributed by atoms with E-state index in [-0.39, 0.29) is 12.2 Å². The fourth-order valence-electron chi connectivity index (χ4n) is 1.23. The van der Waals surface area contributed by atoms with E-state index < -0.39 is 5.97 Å². The molecule has 16 heavy (non-hydrogen) atoms. The molecule has 0 fully saturated rings. The quantitative estimate of drug-likeness (QED) is 0.879. The van der Waals surface area contributed by atoms with Crippen LogP contribution in [0.3, 0.4) is 0 Å². The molecule has 3 nitrogen and oxygen atoms in total. The molecule has 0 amide bonds. The van der Waals surface area contributed by atoms with E-state index in [9.17, 15) is 4.79 Å². The first-order valence-electron chi connectivity index (χ1n) is 4.77. The second-order valence-corrected chi connectivity index (χ2v) is 3.72. The van der Waals surface area contributed by atoms with Crippen LogP contribution in [-0.4, -0.2) is 17.7 Å². The number of rotatable bonds is 4. The Kier molecular flexibility index (Phi) is 4.38. The van der Waals surface area contributed by atoms with Crippen LogP contribution in [-0.2, 0) is 0 Å². The third-order valence-electron chi connectivity index (χ3n) is 2.07. The molecule has 0 unspecified atom stereocenters. The van der Waals surface area contributed by atoms with Gasteiger partial charge in [-0.1, -0.05) is 23.7 Å². The highest BCUT2D eigenvalue weighted by Crippen LogP contribution is 2.23. The molecule has 0 saturated heterocycles. The summed E-state index contributed by atoms with van der Waals surface area (Å²) in [6.45, 7) is 3.90. The number of aromatic carboxylic acids is 1. The first-order valence-corrected chi connectivity index (χ1v) is 5.21. The number of hydrogen-bond donors (Lipinski definition) is 1. The maximum Gasteiger partial charge on any atom is 0.339 e. The van der Waals surface area contributed by atoms with Crippen LogP contribution >= 0.6 is 11.6 Å². The molecule has 0 aromatic heterocycles. The number of hydrogen-bond acceptors (Lipinski definition) is 2. The summed E-state index contributed by atoms with van der Waals surface area (Å²) in [7, 11) is 0. The van der Waals surface area contributed by atoms with Gasteiger partial charge in [0.2, 0.25) is 0 Å². The van der Waals surface area contributed by atoms with Crippen molar-refractivity contribution in [1.82, 2.24) is 0 Å². The van der Waals surface area contributed by atoms with Crippen LogP contribution in [0, 0.1) is 6.92 Å². The van der Waals surface area contributed by atoms with Gasteiger partial charge in [-0.2, -0.15) is 0 Å². The van der Waals surface area contributed by atoms with Gasteiger partial charge in [-0.15, -0.1) is 0 Å². The van der Waals surface area contributed by atoms with E-state index >= 15 is 0 Å². The average Bonchev–Trinajstić information content (AvgIpc) is 2.26. The van der Waals surface area contributed by atoms with Crippen LogP contribution in [0.1, 0.15) is 22.8 Å². The predicted molar refractivity (Wildman–Crippen MR) is 63.2 cm³/mol. The number of carbonyl (C=O) groups is 1. The number of ether oxygens (including phenoxy) is 1. The van der Waals surface area contributed by atoms with E-state index in [0.717, 1.165) is 11.1 Å². The highest BCUT2D eigenvalue weighted by atomic mass is 35.5. The Labute approximate surface area is 99.3 Å². The molecular weight excluding hydrogens is 228 g/mol. The van der Waals surface area contributed by atoms with Crippen molar-refractivity contribution in [2.75, 3.05) is 6.61 Å². The molecule has 4 heteroatoms. The lowest BCUT2D eigenvalue weighted by Crippen LogP contribution is -2.06. The smallest absolute Gasteiger partial charge is 0.339 e. The van der Waals surface area contributed by atoms with Crippen molar-refractivity contribution in [2.45, 2.75) is 13.8 Å². The van der Waals surface area contributed by atoms with E-state index in [2.05, 4.69) is 0 Å². The minimum atomic E-state index is -0.994. The summed E-state index contributed by atoms with van der Waals surface area (Å²) in [4.78, 5) is 11.0. The van der Waals surface area contributed by atoms with E-state index in [1.807, 2.05) is 19.9 Å². The minimum absolute atomic E-state index is 0.169. The maximum atomic E-state index is 11.0. The van der Waals surface area contributed by atoms with Gasteiger partial charge in [0.1, 0.15) is 17.9 Å². The normalized spacial score (nSPS) is 11.3. The molecule has 0 atom stereocenters. The lowest BCUT2D eigenvalue weighted by molar-refractivity contribution is 0.0692. The summed E-state index contributed by atoms with van der Waals surface area (Å²) < 4.78 is 5.45. The molecule has 0 aliphatic rings. The van der Waals surface area contributed by atoms with Gasteiger partial charge in [-0.25, -0.2) is 4.79 Å². The Morgan fingerprint density at radius 2 is 2.25 bits per heavy atom. The van der Waals surface area contributed by atoms with E-state index in [1.165, 1.54) is 11.6 Å². The predicted octanol–water partition coefficient (Wildman–Crippen LogP) is 3.21. The van der Waals surface area contributed by atoms with Crippen LogP contribution in [0.4, 0.5) is 0 Å². The third kappa shape index (κ3) is 3.00. The van der Waals surface area contributed by atoms with Crippen LogP contribution in [0.25, 0.3) is 0 Å². The van der Waals surface area contributed by atoms with Crippen molar-refractivity contribution in [3.8, 4) is 5.75 Å². The van der Waals surface area contributed by atoms with Gasteiger partial charge < -0.3 is 9.84 Å². The summed E-state index contributed by atoms with van der Waals surface area (Å²) in [6.07, 6.45) is 0. The van der Waals surface area contributed by atoms with Gasteiger partial charge in [-0.3, -0.25) is 0 Å². The summed E-state index contributed by atoms with van der Waals surface area (Å²) in [5.41, 5.74) is 3.21. The molecule has 0 heterocycles. The van der Waals surface area contributed by atoms with Crippen molar-refractivity contribution in [3.63, 3.8) is 0 Å². The number of halogens is 1. The third-order valence-corrected chi connectivity index (χ3v) is 2.45.